The Labute approximate surface area is 151 Å². The minimum atomic E-state index is -0.312. The summed E-state index contributed by atoms with van der Waals surface area (Å²) in [5, 5.41) is 6.45. The summed E-state index contributed by atoms with van der Waals surface area (Å²) in [5.41, 5.74) is -0.583. The number of halogens is 1. The van der Waals surface area contributed by atoms with Crippen LogP contribution in [0.25, 0.3) is 10.8 Å². The maximum Gasteiger partial charge on any atom is 0.273 e. The second kappa shape index (κ2) is 8.31. The average Bonchev–Trinajstić information content (AvgIpc) is 3.06. The molecule has 1 aromatic carbocycles. The molecule has 0 bridgehead atoms. The standard InChI is InChI=1S/C17H22N4O3.ClH/c1-18-10-12-6-8-20(11-12)15(22)7-9-21-17(24)14-5-3-2-4-13(14)16(23)19-21;/h2-5,12,18H,6-11H2,1H3,(H,19,23);1H. The van der Waals surface area contributed by atoms with E-state index in [1.807, 2.05) is 11.9 Å². The highest BCUT2D eigenvalue weighted by atomic mass is 35.5. The van der Waals surface area contributed by atoms with Gasteiger partial charge in [-0.25, -0.2) is 4.68 Å². The molecule has 1 unspecified atom stereocenters. The Balaban J connectivity index is 0.00000225. The second-order valence-electron chi connectivity index (χ2n) is 6.25. The molecule has 1 atom stereocenters. The summed E-state index contributed by atoms with van der Waals surface area (Å²) in [5.74, 6) is 0.511. The summed E-state index contributed by atoms with van der Waals surface area (Å²) in [6.07, 6.45) is 1.21. The Morgan fingerprint density at radius 3 is 2.72 bits per heavy atom. The van der Waals surface area contributed by atoms with E-state index in [0.717, 1.165) is 26.1 Å². The maximum atomic E-state index is 12.4. The van der Waals surface area contributed by atoms with Gasteiger partial charge >= 0.3 is 0 Å². The summed E-state index contributed by atoms with van der Waals surface area (Å²) in [6.45, 7) is 2.60. The summed E-state index contributed by atoms with van der Waals surface area (Å²) in [7, 11) is 1.91. The number of carbonyl (C=O) groups excluding carboxylic acids is 1. The molecule has 0 aliphatic carbocycles. The van der Waals surface area contributed by atoms with Crippen molar-refractivity contribution in [2.45, 2.75) is 19.4 Å². The molecule has 0 spiro atoms. The van der Waals surface area contributed by atoms with E-state index in [1.54, 1.807) is 24.3 Å². The van der Waals surface area contributed by atoms with Gasteiger partial charge in [0.2, 0.25) is 5.91 Å². The van der Waals surface area contributed by atoms with Crippen molar-refractivity contribution in [1.82, 2.24) is 20.0 Å². The summed E-state index contributed by atoms with van der Waals surface area (Å²) >= 11 is 0. The van der Waals surface area contributed by atoms with E-state index in [1.165, 1.54) is 4.68 Å². The molecule has 1 fully saturated rings. The number of amides is 1. The third kappa shape index (κ3) is 4.11. The lowest BCUT2D eigenvalue weighted by atomic mass is 10.1. The zero-order valence-electron chi connectivity index (χ0n) is 14.2. The van der Waals surface area contributed by atoms with Crippen molar-refractivity contribution in [1.29, 1.82) is 0 Å². The fourth-order valence-corrected chi connectivity index (χ4v) is 3.28. The van der Waals surface area contributed by atoms with Crippen LogP contribution in [0.15, 0.2) is 33.9 Å². The van der Waals surface area contributed by atoms with E-state index in [0.29, 0.717) is 16.7 Å². The first-order valence-electron chi connectivity index (χ1n) is 8.24. The molecule has 25 heavy (non-hydrogen) atoms. The lowest BCUT2D eigenvalue weighted by Gasteiger charge is -2.17. The predicted octanol–water partition coefficient (Wildman–Crippen LogP) is 0.570. The molecular formula is C17H23ClN4O3. The minimum Gasteiger partial charge on any atom is -0.342 e. The highest BCUT2D eigenvalue weighted by Crippen LogP contribution is 2.16. The van der Waals surface area contributed by atoms with Crippen molar-refractivity contribution in [3.05, 3.63) is 45.0 Å². The minimum absolute atomic E-state index is 0. The van der Waals surface area contributed by atoms with E-state index < -0.39 is 0 Å². The first-order valence-corrected chi connectivity index (χ1v) is 8.24. The number of H-pyrrole nitrogens is 1. The number of benzene rings is 1. The van der Waals surface area contributed by atoms with Crippen LogP contribution in [0.2, 0.25) is 0 Å². The first-order chi connectivity index (χ1) is 11.6. The number of hydrogen-bond donors (Lipinski definition) is 2. The van der Waals surface area contributed by atoms with Crippen LogP contribution in [0.3, 0.4) is 0 Å². The van der Waals surface area contributed by atoms with E-state index in [4.69, 9.17) is 0 Å². The second-order valence-corrected chi connectivity index (χ2v) is 6.25. The van der Waals surface area contributed by atoms with Gasteiger partial charge in [-0.3, -0.25) is 19.5 Å². The van der Waals surface area contributed by atoms with E-state index >= 15 is 0 Å². The van der Waals surface area contributed by atoms with Crippen molar-refractivity contribution in [2.75, 3.05) is 26.7 Å². The van der Waals surface area contributed by atoms with Crippen LogP contribution in [0.1, 0.15) is 12.8 Å². The molecule has 0 radical (unpaired) electrons. The molecule has 1 aliphatic heterocycles. The van der Waals surface area contributed by atoms with Gasteiger partial charge < -0.3 is 10.2 Å². The van der Waals surface area contributed by atoms with Gasteiger partial charge in [0.1, 0.15) is 0 Å². The molecule has 1 amide bonds. The van der Waals surface area contributed by atoms with E-state index in [-0.39, 0.29) is 42.4 Å². The number of aromatic nitrogens is 2. The molecule has 7 nitrogen and oxygen atoms in total. The number of hydrogen-bond acceptors (Lipinski definition) is 4. The van der Waals surface area contributed by atoms with Gasteiger partial charge in [0.05, 0.1) is 17.3 Å². The highest BCUT2D eigenvalue weighted by Gasteiger charge is 2.25. The highest BCUT2D eigenvalue weighted by molar-refractivity contribution is 5.85. The Morgan fingerprint density at radius 1 is 1.28 bits per heavy atom. The number of fused-ring (bicyclic) bond motifs is 1. The van der Waals surface area contributed by atoms with Gasteiger partial charge in [-0.1, -0.05) is 12.1 Å². The van der Waals surface area contributed by atoms with Crippen LogP contribution in [0.4, 0.5) is 0 Å². The molecule has 2 N–H and O–H groups in total. The molecule has 0 saturated carbocycles. The molecule has 1 saturated heterocycles. The van der Waals surface area contributed by atoms with Crippen LogP contribution in [-0.2, 0) is 11.3 Å². The number of likely N-dealkylation sites (tertiary alicyclic amines) is 1. The molecular weight excluding hydrogens is 344 g/mol. The topological polar surface area (TPSA) is 87.2 Å². The normalized spacial score (nSPS) is 16.8. The Kier molecular flexibility index (Phi) is 6.39. The quantitative estimate of drug-likeness (QED) is 0.810. The molecule has 2 heterocycles. The zero-order chi connectivity index (χ0) is 17.1. The summed E-state index contributed by atoms with van der Waals surface area (Å²) in [4.78, 5) is 38.6. The number of aromatic amines is 1. The maximum absolute atomic E-state index is 12.4. The van der Waals surface area contributed by atoms with Crippen LogP contribution in [-0.4, -0.2) is 47.3 Å². The van der Waals surface area contributed by atoms with Crippen LogP contribution in [0, 0.1) is 5.92 Å². The van der Waals surface area contributed by atoms with Crippen molar-refractivity contribution in [3.63, 3.8) is 0 Å². The Hall–Kier alpha value is -2.12. The van der Waals surface area contributed by atoms with Gasteiger partial charge in [-0.15, -0.1) is 12.4 Å². The van der Waals surface area contributed by atoms with E-state index in [9.17, 15) is 14.4 Å². The Morgan fingerprint density at radius 2 is 2.00 bits per heavy atom. The van der Waals surface area contributed by atoms with Gasteiger partial charge in [-0.05, 0) is 38.1 Å². The third-order valence-corrected chi connectivity index (χ3v) is 4.56. The SMILES string of the molecule is CNCC1CCN(C(=O)CCn2[nH]c(=O)c3ccccc3c2=O)C1.Cl. The molecule has 1 aliphatic rings. The molecule has 3 rings (SSSR count). The van der Waals surface area contributed by atoms with Crippen LogP contribution < -0.4 is 16.4 Å². The number of nitrogens with zero attached hydrogens (tertiary/aromatic N) is 2. The molecule has 2 aromatic rings. The Bertz CT molecular complexity index is 861. The number of aryl methyl sites for hydroxylation is 1. The number of nitrogens with one attached hydrogen (secondary N) is 2. The van der Waals surface area contributed by atoms with E-state index in [2.05, 4.69) is 10.4 Å². The number of rotatable bonds is 5. The van der Waals surface area contributed by atoms with Crippen LogP contribution in [0.5, 0.6) is 0 Å². The first kappa shape index (κ1) is 19.2. The lowest BCUT2D eigenvalue weighted by molar-refractivity contribution is -0.130. The zero-order valence-corrected chi connectivity index (χ0v) is 15.0. The monoisotopic (exact) mass is 366 g/mol. The molecule has 136 valence electrons. The largest absolute Gasteiger partial charge is 0.342 e. The number of carbonyl (C=O) groups is 1. The van der Waals surface area contributed by atoms with Gasteiger partial charge in [0.25, 0.3) is 11.1 Å². The van der Waals surface area contributed by atoms with Crippen LogP contribution >= 0.6 is 12.4 Å². The fourth-order valence-electron chi connectivity index (χ4n) is 3.28. The lowest BCUT2D eigenvalue weighted by Crippen LogP contribution is -2.34. The van der Waals surface area contributed by atoms with Crippen molar-refractivity contribution < 1.29 is 4.79 Å². The molecule has 1 aromatic heterocycles. The smallest absolute Gasteiger partial charge is 0.273 e. The predicted molar refractivity (Wildman–Crippen MR) is 99.3 cm³/mol. The summed E-state index contributed by atoms with van der Waals surface area (Å²) < 4.78 is 1.24. The summed E-state index contributed by atoms with van der Waals surface area (Å²) in [6, 6.07) is 6.70. The fraction of sp³-hybridized carbons (Fsp3) is 0.471. The average molecular weight is 367 g/mol. The van der Waals surface area contributed by atoms with Gasteiger partial charge in [0.15, 0.2) is 0 Å². The van der Waals surface area contributed by atoms with Gasteiger partial charge in [-0.2, -0.15) is 0 Å². The van der Waals surface area contributed by atoms with Crippen molar-refractivity contribution in [2.24, 2.45) is 5.92 Å². The van der Waals surface area contributed by atoms with Gasteiger partial charge in [0, 0.05) is 19.5 Å². The van der Waals surface area contributed by atoms with Crippen molar-refractivity contribution >= 4 is 29.1 Å². The third-order valence-electron chi connectivity index (χ3n) is 4.56. The molecule has 8 heteroatoms. The van der Waals surface area contributed by atoms with Crippen molar-refractivity contribution in [3.8, 4) is 0 Å².